The zero-order valence-corrected chi connectivity index (χ0v) is 36.4. The molecule has 9 rings (SSSR count). The van der Waals surface area contributed by atoms with Crippen LogP contribution in [0.25, 0.3) is 66.9 Å². The van der Waals surface area contributed by atoms with Crippen LogP contribution in [-0.4, -0.2) is 86.1 Å². The van der Waals surface area contributed by atoms with Crippen molar-refractivity contribution in [2.75, 3.05) is 42.8 Å². The number of halogens is 1. The van der Waals surface area contributed by atoms with E-state index in [0.29, 0.717) is 46.2 Å². The third-order valence-corrected chi connectivity index (χ3v) is 9.89. The third-order valence-electron chi connectivity index (χ3n) is 9.59. The quantitative estimate of drug-likeness (QED) is 0.144. The van der Waals surface area contributed by atoms with Crippen molar-refractivity contribution < 1.29 is 9.47 Å². The molecule has 6 N–H and O–H groups in total. The molecule has 62 heavy (non-hydrogen) atoms. The second-order valence-corrected chi connectivity index (χ2v) is 14.9. The summed E-state index contributed by atoms with van der Waals surface area (Å²) in [7, 11) is 9.53. The maximum Gasteiger partial charge on any atom is 0.163 e. The topological polar surface area (TPSA) is 231 Å². The van der Waals surface area contributed by atoms with E-state index in [0.717, 1.165) is 67.0 Å². The highest BCUT2D eigenvalue weighted by Crippen LogP contribution is 2.36. The fourth-order valence-electron chi connectivity index (χ4n) is 6.74. The molecule has 0 fully saturated rings. The average Bonchev–Trinajstić information content (AvgIpc) is 3.91. The molecule has 0 spiro atoms. The van der Waals surface area contributed by atoms with Crippen LogP contribution in [0.3, 0.4) is 0 Å². The zero-order valence-electron chi connectivity index (χ0n) is 35.6. The maximum absolute atomic E-state index is 6.30. The summed E-state index contributed by atoms with van der Waals surface area (Å²) in [6.45, 7) is 6.51. The van der Waals surface area contributed by atoms with Gasteiger partial charge >= 0.3 is 0 Å². The molecule has 9 aromatic rings. The highest BCUT2D eigenvalue weighted by molar-refractivity contribution is 6.32. The van der Waals surface area contributed by atoms with Crippen molar-refractivity contribution in [1.29, 1.82) is 0 Å². The van der Waals surface area contributed by atoms with Crippen molar-refractivity contribution in [3.63, 3.8) is 0 Å². The van der Waals surface area contributed by atoms with E-state index >= 15 is 0 Å². The fourth-order valence-corrected chi connectivity index (χ4v) is 6.96. The molecule has 0 atom stereocenters. The Morgan fingerprint density at radius 3 is 1.50 bits per heavy atom. The standard InChI is InChI=1S/C15H16ClN5O.C14H16N6.C14H15N5O/c1-8(2)22-11-5-4-9(6-10(11)16)13-12-14(17)18-7-19-15(12)21(3)20-13;1-19(2)10-6-4-5-9(7-10)12-11-13(15)16-8-17-14(11)20(3)18-12;1-3-20-10-6-4-9(5-7-10)12-11-13(15)16-8-17-14(11)19(2)18-12/h4-8H,1-3H3,(H2,17,18,19);4-8H,1-3H3,(H2,15,16,17);4-8H,3H2,1-2H3,(H2,15,16,17). The van der Waals surface area contributed by atoms with Crippen LogP contribution in [0.4, 0.5) is 23.1 Å². The molecule has 0 aliphatic carbocycles. The number of aryl methyl sites for hydroxylation is 3. The van der Waals surface area contributed by atoms with Crippen molar-refractivity contribution in [1.82, 2.24) is 59.2 Å². The lowest BCUT2D eigenvalue weighted by atomic mass is 10.1. The summed E-state index contributed by atoms with van der Waals surface area (Å²) in [5, 5.41) is 16.3. The van der Waals surface area contributed by atoms with Crippen LogP contribution in [0.5, 0.6) is 11.5 Å². The van der Waals surface area contributed by atoms with E-state index in [1.54, 1.807) is 14.0 Å². The minimum Gasteiger partial charge on any atom is -0.494 e. The van der Waals surface area contributed by atoms with Crippen LogP contribution < -0.4 is 31.6 Å². The van der Waals surface area contributed by atoms with E-state index in [9.17, 15) is 0 Å². The Kier molecular flexibility index (Phi) is 12.3. The summed E-state index contributed by atoms with van der Waals surface area (Å²) in [5.74, 6) is 2.76. The molecule has 19 heteroatoms. The van der Waals surface area contributed by atoms with Crippen LogP contribution in [0, 0.1) is 0 Å². The number of anilines is 4. The van der Waals surface area contributed by atoms with Gasteiger partial charge in [0.15, 0.2) is 16.9 Å². The van der Waals surface area contributed by atoms with Crippen LogP contribution in [0.1, 0.15) is 20.8 Å². The Balaban J connectivity index is 0.000000140. The second-order valence-electron chi connectivity index (χ2n) is 14.5. The first kappa shape index (κ1) is 42.5. The van der Waals surface area contributed by atoms with Gasteiger partial charge in [0.2, 0.25) is 0 Å². The van der Waals surface area contributed by atoms with Gasteiger partial charge in [-0.3, -0.25) is 0 Å². The van der Waals surface area contributed by atoms with Crippen LogP contribution >= 0.6 is 11.6 Å². The first-order valence-electron chi connectivity index (χ1n) is 19.5. The lowest BCUT2D eigenvalue weighted by molar-refractivity contribution is 0.242. The van der Waals surface area contributed by atoms with E-state index in [2.05, 4.69) is 62.2 Å². The minimum absolute atomic E-state index is 0.0584. The van der Waals surface area contributed by atoms with Gasteiger partial charge in [0.25, 0.3) is 0 Å². The number of nitrogens with zero attached hydrogens (tertiary/aromatic N) is 13. The Hall–Kier alpha value is -7.60. The van der Waals surface area contributed by atoms with Gasteiger partial charge < -0.3 is 31.6 Å². The molecule has 6 aromatic heterocycles. The monoisotopic (exact) mass is 854 g/mol. The number of nitrogens with two attached hydrogens (primary N) is 3. The number of hydrogen-bond acceptors (Lipinski definition) is 15. The van der Waals surface area contributed by atoms with Crippen molar-refractivity contribution in [3.8, 4) is 45.3 Å². The summed E-state index contributed by atoms with van der Waals surface area (Å²) in [4.78, 5) is 26.9. The van der Waals surface area contributed by atoms with Gasteiger partial charge in [-0.2, -0.15) is 15.3 Å². The first-order valence-corrected chi connectivity index (χ1v) is 19.9. The zero-order chi connectivity index (χ0) is 44.2. The van der Waals surface area contributed by atoms with E-state index < -0.39 is 0 Å². The minimum atomic E-state index is 0.0584. The van der Waals surface area contributed by atoms with E-state index in [1.165, 1.54) is 19.0 Å². The highest BCUT2D eigenvalue weighted by atomic mass is 35.5. The number of hydrogen-bond donors (Lipinski definition) is 3. The third kappa shape index (κ3) is 8.66. The van der Waals surface area contributed by atoms with Crippen LogP contribution in [0.15, 0.2) is 85.7 Å². The maximum atomic E-state index is 6.30. The highest BCUT2D eigenvalue weighted by Gasteiger charge is 2.19. The van der Waals surface area contributed by atoms with E-state index in [4.69, 9.17) is 38.3 Å². The number of ether oxygens (including phenoxy) is 2. The number of nitrogen functional groups attached to an aromatic ring is 3. The SMILES string of the molecule is CC(C)Oc1ccc(-c2nn(C)c3ncnc(N)c23)cc1Cl.CCOc1ccc(-c2nn(C)c3ncnc(N)c23)cc1.CN(C)c1cccc(-c2nn(C)c3ncnc(N)c23)c1. The van der Waals surface area contributed by atoms with E-state index in [-0.39, 0.29) is 6.10 Å². The van der Waals surface area contributed by atoms with Gasteiger partial charge in [0.05, 0.1) is 33.9 Å². The second kappa shape index (κ2) is 17.9. The Morgan fingerprint density at radius 1 is 0.613 bits per heavy atom. The smallest absolute Gasteiger partial charge is 0.163 e. The van der Waals surface area contributed by atoms with Gasteiger partial charge in [-0.05, 0) is 75.4 Å². The summed E-state index contributed by atoms with van der Waals surface area (Å²) in [6.07, 6.45) is 4.39. The molecule has 0 radical (unpaired) electrons. The average molecular weight is 855 g/mol. The van der Waals surface area contributed by atoms with Gasteiger partial charge in [0, 0.05) is 57.6 Å². The van der Waals surface area contributed by atoms with Crippen LogP contribution in [0.2, 0.25) is 5.02 Å². The lowest BCUT2D eigenvalue weighted by Gasteiger charge is -2.13. The van der Waals surface area contributed by atoms with E-state index in [1.807, 2.05) is 111 Å². The summed E-state index contributed by atoms with van der Waals surface area (Å²) >= 11 is 6.30. The van der Waals surface area contributed by atoms with Gasteiger partial charge in [-0.15, -0.1) is 0 Å². The fraction of sp³-hybridized carbons (Fsp3) is 0.233. The molecule has 0 aliphatic rings. The number of rotatable bonds is 8. The summed E-state index contributed by atoms with van der Waals surface area (Å²) < 4.78 is 16.2. The van der Waals surface area contributed by atoms with Crippen molar-refractivity contribution in [2.45, 2.75) is 26.9 Å². The molecule has 18 nitrogen and oxygen atoms in total. The number of aromatic nitrogens is 12. The Morgan fingerprint density at radius 2 is 1.06 bits per heavy atom. The molecule has 6 heterocycles. The molecule has 0 bridgehead atoms. The van der Waals surface area contributed by atoms with Crippen molar-refractivity contribution in [2.24, 2.45) is 21.1 Å². The predicted octanol–water partition coefficient (Wildman–Crippen LogP) is 6.74. The molecule has 0 aliphatic heterocycles. The molecule has 0 saturated carbocycles. The summed E-state index contributed by atoms with van der Waals surface area (Å²) in [6, 6.07) is 21.4. The Bertz CT molecular complexity index is 3010. The predicted molar refractivity (Wildman–Crippen MR) is 245 cm³/mol. The number of fused-ring (bicyclic) bond motifs is 3. The lowest BCUT2D eigenvalue weighted by Crippen LogP contribution is -2.08. The largest absolute Gasteiger partial charge is 0.494 e. The van der Waals surface area contributed by atoms with Gasteiger partial charge in [-0.25, -0.2) is 43.9 Å². The van der Waals surface area contributed by atoms with Crippen molar-refractivity contribution >= 4 is 67.8 Å². The van der Waals surface area contributed by atoms with Crippen LogP contribution in [-0.2, 0) is 21.1 Å². The Labute approximate surface area is 362 Å². The summed E-state index contributed by atoms with van der Waals surface area (Å²) in [5.41, 5.74) is 26.3. The molecule has 318 valence electrons. The van der Waals surface area contributed by atoms with Gasteiger partial charge in [0.1, 0.15) is 65.0 Å². The first-order chi connectivity index (χ1) is 29.7. The molecule has 3 aromatic carbocycles. The molecular weight excluding hydrogens is 808 g/mol. The molecule has 0 saturated heterocycles. The molecule has 0 unspecified atom stereocenters. The normalized spacial score (nSPS) is 11.1. The molecular formula is C43H47ClN16O2. The van der Waals surface area contributed by atoms with Gasteiger partial charge in [-0.1, -0.05) is 23.7 Å². The number of benzene rings is 3. The van der Waals surface area contributed by atoms with Crippen molar-refractivity contribution in [3.05, 3.63) is 90.7 Å². The molecule has 0 amide bonds.